The molecule has 0 aliphatic heterocycles. The van der Waals surface area contributed by atoms with E-state index in [2.05, 4.69) is 41.5 Å². The highest BCUT2D eigenvalue weighted by atomic mass is 16.6. The minimum absolute atomic E-state index is 0.0641. The van der Waals surface area contributed by atoms with Gasteiger partial charge < -0.3 is 14.2 Å². The summed E-state index contributed by atoms with van der Waals surface area (Å²) in [5.41, 5.74) is 0. The predicted molar refractivity (Wildman–Crippen MR) is 266 cm³/mol. The smallest absolute Gasteiger partial charge is 0.306 e. The van der Waals surface area contributed by atoms with Gasteiger partial charge in [-0.25, -0.2) is 0 Å². The van der Waals surface area contributed by atoms with Crippen LogP contribution in [-0.2, 0) is 28.6 Å². The predicted octanol–water partition coefficient (Wildman–Crippen LogP) is 17.9. The maximum absolute atomic E-state index is 12.8. The van der Waals surface area contributed by atoms with Gasteiger partial charge in [0.2, 0.25) is 0 Å². The van der Waals surface area contributed by atoms with Gasteiger partial charge in [0.25, 0.3) is 0 Å². The fraction of sp³-hybridized carbons (Fsp3) is 0.946. The first kappa shape index (κ1) is 60.4. The Kier molecular flexibility index (Phi) is 46.2. The zero-order chi connectivity index (χ0) is 45.6. The molecule has 0 amide bonds. The molecule has 0 heterocycles. The van der Waals surface area contributed by atoms with Crippen LogP contribution in [0.4, 0.5) is 0 Å². The van der Waals surface area contributed by atoms with Gasteiger partial charge in [-0.2, -0.15) is 0 Å². The summed E-state index contributed by atoms with van der Waals surface area (Å²) in [4.78, 5) is 38.1. The number of carbonyl (C=O) groups is 3. The molecule has 0 aromatic carbocycles. The van der Waals surface area contributed by atoms with E-state index in [-0.39, 0.29) is 31.1 Å². The minimum Gasteiger partial charge on any atom is -0.462 e. The van der Waals surface area contributed by atoms with Crippen LogP contribution < -0.4 is 0 Å². The van der Waals surface area contributed by atoms with Crippen molar-refractivity contribution in [1.29, 1.82) is 0 Å². The van der Waals surface area contributed by atoms with Crippen LogP contribution >= 0.6 is 0 Å². The van der Waals surface area contributed by atoms with Crippen LogP contribution in [0.5, 0.6) is 0 Å². The number of hydrogen-bond acceptors (Lipinski definition) is 6. The summed E-state index contributed by atoms with van der Waals surface area (Å²) < 4.78 is 16.9. The molecule has 0 aromatic heterocycles. The van der Waals surface area contributed by atoms with E-state index in [1.807, 2.05) is 0 Å². The van der Waals surface area contributed by atoms with Crippen LogP contribution in [0.2, 0.25) is 0 Å². The van der Waals surface area contributed by atoms with Crippen molar-refractivity contribution in [1.82, 2.24) is 0 Å². The number of ether oxygens (including phenoxy) is 3. The van der Waals surface area contributed by atoms with Crippen LogP contribution in [-0.4, -0.2) is 37.2 Å². The van der Waals surface area contributed by atoms with E-state index in [0.29, 0.717) is 19.3 Å². The second-order valence-electron chi connectivity index (χ2n) is 20.6. The van der Waals surface area contributed by atoms with E-state index in [9.17, 15) is 14.4 Å². The molecule has 0 unspecified atom stereocenters. The molecule has 62 heavy (non-hydrogen) atoms. The fourth-order valence-corrected chi connectivity index (χ4v) is 8.47. The van der Waals surface area contributed by atoms with Gasteiger partial charge in [0.05, 0.1) is 0 Å². The van der Waals surface area contributed by atoms with Crippen molar-refractivity contribution in [3.8, 4) is 0 Å². The first-order valence-corrected chi connectivity index (χ1v) is 27.6. The van der Waals surface area contributed by atoms with E-state index in [4.69, 9.17) is 14.2 Å². The van der Waals surface area contributed by atoms with E-state index in [0.717, 1.165) is 75.5 Å². The lowest BCUT2D eigenvalue weighted by atomic mass is 10.0. The second kappa shape index (κ2) is 47.4. The number of rotatable bonds is 49. The Morgan fingerprint density at radius 1 is 0.274 bits per heavy atom. The quantitative estimate of drug-likeness (QED) is 0.0344. The average Bonchev–Trinajstić information content (AvgIpc) is 3.23. The summed E-state index contributed by atoms with van der Waals surface area (Å²) in [5, 5.41) is 0. The van der Waals surface area contributed by atoms with E-state index in [1.165, 1.54) is 186 Å². The number of unbranched alkanes of at least 4 members (excludes halogenated alkanes) is 32. The molecule has 0 aliphatic carbocycles. The molecule has 0 saturated heterocycles. The Morgan fingerprint density at radius 2 is 0.468 bits per heavy atom. The van der Waals surface area contributed by atoms with Gasteiger partial charge in [0.15, 0.2) is 6.10 Å². The monoisotopic (exact) mass is 877 g/mol. The lowest BCUT2D eigenvalue weighted by molar-refractivity contribution is -0.167. The summed E-state index contributed by atoms with van der Waals surface area (Å²) in [6.07, 6.45) is 48.0. The summed E-state index contributed by atoms with van der Waals surface area (Å²) in [6.45, 7) is 13.7. The van der Waals surface area contributed by atoms with Crippen LogP contribution in [0.15, 0.2) is 0 Å². The highest BCUT2D eigenvalue weighted by Gasteiger charge is 2.19. The molecular formula is C56H108O6. The van der Waals surface area contributed by atoms with Gasteiger partial charge in [-0.05, 0) is 37.0 Å². The second-order valence-corrected chi connectivity index (χ2v) is 20.6. The first-order valence-electron chi connectivity index (χ1n) is 27.6. The van der Waals surface area contributed by atoms with Crippen molar-refractivity contribution in [3.63, 3.8) is 0 Å². The Labute approximate surface area is 387 Å². The van der Waals surface area contributed by atoms with E-state index < -0.39 is 6.10 Å². The van der Waals surface area contributed by atoms with Gasteiger partial charge >= 0.3 is 17.9 Å². The Hall–Kier alpha value is -1.59. The van der Waals surface area contributed by atoms with Gasteiger partial charge in [-0.15, -0.1) is 0 Å². The van der Waals surface area contributed by atoms with Crippen molar-refractivity contribution >= 4 is 17.9 Å². The lowest BCUT2D eigenvalue weighted by Crippen LogP contribution is -2.30. The Bertz CT molecular complexity index is 960. The molecule has 1 atom stereocenters. The Balaban J connectivity index is 4.31. The molecule has 368 valence electrons. The Morgan fingerprint density at radius 3 is 0.694 bits per heavy atom. The van der Waals surface area contributed by atoms with Crippen LogP contribution in [0.25, 0.3) is 0 Å². The maximum Gasteiger partial charge on any atom is 0.306 e. The normalized spacial score (nSPS) is 12.1. The molecule has 0 aliphatic rings. The number of carbonyl (C=O) groups excluding carboxylic acids is 3. The summed E-state index contributed by atoms with van der Waals surface area (Å²) in [6, 6.07) is 0. The third-order valence-electron chi connectivity index (χ3n) is 12.6. The van der Waals surface area contributed by atoms with Crippen molar-refractivity contribution in [3.05, 3.63) is 0 Å². The van der Waals surface area contributed by atoms with Gasteiger partial charge in [-0.3, -0.25) is 14.4 Å². The van der Waals surface area contributed by atoms with Gasteiger partial charge in [0.1, 0.15) is 13.2 Å². The van der Waals surface area contributed by atoms with Crippen molar-refractivity contribution in [2.75, 3.05) is 13.2 Å². The topological polar surface area (TPSA) is 78.9 Å². The summed E-state index contributed by atoms with van der Waals surface area (Å²) >= 11 is 0. The zero-order valence-electron chi connectivity index (χ0n) is 42.7. The average molecular weight is 877 g/mol. The molecule has 0 aromatic rings. The summed E-state index contributed by atoms with van der Waals surface area (Å²) in [5.74, 6) is 1.64. The highest BCUT2D eigenvalue weighted by Crippen LogP contribution is 2.18. The molecular weight excluding hydrogens is 769 g/mol. The SMILES string of the molecule is CC(C)CCCCCCCCCCCCCCCC(=O)OC[C@@H](COC(=O)CCCCCCCCCCCCCCC(C)C)OC(=O)CCCCCCCCCCCCC(C)C. The van der Waals surface area contributed by atoms with Crippen molar-refractivity contribution in [2.24, 2.45) is 17.8 Å². The molecule has 0 rings (SSSR count). The molecule has 6 nitrogen and oxygen atoms in total. The third-order valence-corrected chi connectivity index (χ3v) is 12.6. The minimum atomic E-state index is -0.763. The molecule has 0 N–H and O–H groups in total. The summed E-state index contributed by atoms with van der Waals surface area (Å²) in [7, 11) is 0. The van der Waals surface area contributed by atoms with Crippen LogP contribution in [0.1, 0.15) is 305 Å². The van der Waals surface area contributed by atoms with Gasteiger partial charge in [-0.1, -0.05) is 266 Å². The molecule has 0 fully saturated rings. The molecule has 0 spiro atoms. The highest BCUT2D eigenvalue weighted by molar-refractivity contribution is 5.71. The lowest BCUT2D eigenvalue weighted by Gasteiger charge is -2.18. The van der Waals surface area contributed by atoms with Crippen molar-refractivity contribution in [2.45, 2.75) is 311 Å². The molecule has 0 radical (unpaired) electrons. The van der Waals surface area contributed by atoms with Crippen molar-refractivity contribution < 1.29 is 28.6 Å². The largest absolute Gasteiger partial charge is 0.462 e. The third kappa shape index (κ3) is 49.4. The van der Waals surface area contributed by atoms with Crippen LogP contribution in [0.3, 0.4) is 0 Å². The maximum atomic E-state index is 12.8. The number of hydrogen-bond donors (Lipinski definition) is 0. The van der Waals surface area contributed by atoms with E-state index >= 15 is 0 Å². The standard InChI is InChI=1S/C56H108O6/c1-50(2)42-36-30-24-18-12-8-7-9-14-21-27-33-39-45-54(57)60-48-53(62-56(59)47-41-35-29-23-17-16-20-26-32-38-44-52(5)6)49-61-55(58)46-40-34-28-22-15-11-10-13-19-25-31-37-43-51(3)4/h50-53H,7-49H2,1-6H3/t53-/m0/s1. The van der Waals surface area contributed by atoms with Gasteiger partial charge in [0, 0.05) is 19.3 Å². The fourth-order valence-electron chi connectivity index (χ4n) is 8.47. The van der Waals surface area contributed by atoms with Crippen LogP contribution in [0, 0.1) is 17.8 Å². The number of esters is 3. The molecule has 0 saturated carbocycles. The zero-order valence-corrected chi connectivity index (χ0v) is 42.7. The van der Waals surface area contributed by atoms with E-state index in [1.54, 1.807) is 0 Å². The molecule has 0 bridgehead atoms. The first-order chi connectivity index (χ1) is 30.1. The molecule has 6 heteroatoms.